The van der Waals surface area contributed by atoms with E-state index in [1.165, 1.54) is 12.1 Å². The first-order chi connectivity index (χ1) is 15.2. The number of likely N-dealkylation sites (N-methyl/N-ethyl adjacent to an activating group) is 1. The molecule has 0 aliphatic carbocycles. The predicted octanol–water partition coefficient (Wildman–Crippen LogP) is 4.38. The fourth-order valence-corrected chi connectivity index (χ4v) is 4.38. The Hall–Kier alpha value is -3.16. The van der Waals surface area contributed by atoms with E-state index in [1.54, 1.807) is 31.0 Å². The highest BCUT2D eigenvalue weighted by Gasteiger charge is 2.19. The molecule has 0 aliphatic rings. The molecule has 0 aliphatic heterocycles. The Morgan fingerprint density at radius 1 is 0.969 bits per heavy atom. The average Bonchev–Trinajstić information content (AvgIpc) is 2.79. The van der Waals surface area contributed by atoms with Crippen LogP contribution in [0.5, 0.6) is 5.75 Å². The second kappa shape index (κ2) is 9.97. The van der Waals surface area contributed by atoms with E-state index in [9.17, 15) is 13.2 Å². The van der Waals surface area contributed by atoms with Crippen LogP contribution in [-0.2, 0) is 14.8 Å². The number of rotatable bonds is 8. The van der Waals surface area contributed by atoms with Gasteiger partial charge in [0.2, 0.25) is 10.0 Å². The summed E-state index contributed by atoms with van der Waals surface area (Å²) < 4.78 is 33.6. The summed E-state index contributed by atoms with van der Waals surface area (Å²) in [6.45, 7) is 5.66. The van der Waals surface area contributed by atoms with Gasteiger partial charge < -0.3 is 9.64 Å². The maximum absolute atomic E-state index is 12.7. The molecule has 168 valence electrons. The highest BCUT2D eigenvalue weighted by atomic mass is 32.2. The maximum Gasteiger partial charge on any atom is 0.264 e. The van der Waals surface area contributed by atoms with Gasteiger partial charge in [-0.2, -0.15) is 0 Å². The van der Waals surface area contributed by atoms with E-state index in [-0.39, 0.29) is 23.5 Å². The fraction of sp³-hybridized carbons (Fsp3) is 0.240. The number of sulfonamides is 1. The number of carbonyl (C=O) groups is 1. The third kappa shape index (κ3) is 5.75. The van der Waals surface area contributed by atoms with Crippen molar-refractivity contribution in [1.82, 2.24) is 4.72 Å². The zero-order valence-corrected chi connectivity index (χ0v) is 19.5. The van der Waals surface area contributed by atoms with Crippen LogP contribution in [0.1, 0.15) is 29.7 Å². The lowest BCUT2D eigenvalue weighted by atomic mass is 10.1. The zero-order chi connectivity index (χ0) is 23.3. The van der Waals surface area contributed by atoms with Gasteiger partial charge in [0.1, 0.15) is 5.75 Å². The van der Waals surface area contributed by atoms with E-state index in [0.717, 1.165) is 22.4 Å². The number of hydrogen-bond donors (Lipinski definition) is 1. The number of amides is 1. The second-order valence-electron chi connectivity index (χ2n) is 7.74. The Balaban J connectivity index is 1.60. The highest BCUT2D eigenvalue weighted by Crippen LogP contribution is 2.21. The summed E-state index contributed by atoms with van der Waals surface area (Å²) in [4.78, 5) is 14.2. The Morgan fingerprint density at radius 3 is 2.25 bits per heavy atom. The molecular weight excluding hydrogens is 424 g/mol. The summed E-state index contributed by atoms with van der Waals surface area (Å²) in [5, 5.41) is 0. The highest BCUT2D eigenvalue weighted by molar-refractivity contribution is 7.89. The van der Waals surface area contributed by atoms with Gasteiger partial charge in [-0.1, -0.05) is 36.4 Å². The maximum atomic E-state index is 12.7. The van der Waals surface area contributed by atoms with Crippen molar-refractivity contribution in [2.45, 2.75) is 31.7 Å². The molecule has 0 saturated heterocycles. The van der Waals surface area contributed by atoms with Gasteiger partial charge in [-0.3, -0.25) is 4.79 Å². The van der Waals surface area contributed by atoms with Gasteiger partial charge >= 0.3 is 0 Å². The quantitative estimate of drug-likeness (QED) is 0.550. The minimum absolute atomic E-state index is 0.131. The lowest BCUT2D eigenvalue weighted by Gasteiger charge is -2.19. The monoisotopic (exact) mass is 452 g/mol. The third-order valence-corrected chi connectivity index (χ3v) is 6.94. The van der Waals surface area contributed by atoms with Crippen LogP contribution < -0.4 is 14.4 Å². The molecule has 0 saturated carbocycles. The molecule has 6 nitrogen and oxygen atoms in total. The van der Waals surface area contributed by atoms with Crippen molar-refractivity contribution in [2.24, 2.45) is 0 Å². The van der Waals surface area contributed by atoms with Crippen LogP contribution in [0, 0.1) is 13.8 Å². The average molecular weight is 453 g/mol. The molecule has 3 aromatic carbocycles. The van der Waals surface area contributed by atoms with Gasteiger partial charge in [0.25, 0.3) is 5.91 Å². The number of nitrogens with zero attached hydrogens (tertiary/aromatic N) is 1. The first-order valence-corrected chi connectivity index (χ1v) is 11.8. The fourth-order valence-electron chi connectivity index (χ4n) is 3.15. The zero-order valence-electron chi connectivity index (χ0n) is 18.7. The smallest absolute Gasteiger partial charge is 0.264 e. The second-order valence-corrected chi connectivity index (χ2v) is 9.45. The number of anilines is 1. The van der Waals surface area contributed by atoms with Crippen molar-refractivity contribution < 1.29 is 17.9 Å². The Labute approximate surface area is 189 Å². The topological polar surface area (TPSA) is 75.7 Å². The van der Waals surface area contributed by atoms with Gasteiger partial charge in [-0.25, -0.2) is 13.1 Å². The van der Waals surface area contributed by atoms with Crippen LogP contribution in [0.3, 0.4) is 0 Å². The molecule has 0 fully saturated rings. The Morgan fingerprint density at radius 2 is 1.62 bits per heavy atom. The summed E-state index contributed by atoms with van der Waals surface area (Å²) in [5.74, 6) is 0.213. The Bertz CT molecular complexity index is 1180. The molecule has 1 unspecified atom stereocenters. The summed E-state index contributed by atoms with van der Waals surface area (Å²) in [6, 6.07) is 20.8. The molecule has 0 bridgehead atoms. The molecule has 1 atom stereocenters. The molecule has 7 heteroatoms. The van der Waals surface area contributed by atoms with E-state index < -0.39 is 10.0 Å². The normalized spacial score (nSPS) is 12.2. The van der Waals surface area contributed by atoms with Gasteiger partial charge in [0.15, 0.2) is 6.61 Å². The van der Waals surface area contributed by atoms with Crippen molar-refractivity contribution >= 4 is 21.6 Å². The van der Waals surface area contributed by atoms with E-state index in [2.05, 4.69) is 4.72 Å². The number of hydrogen-bond acceptors (Lipinski definition) is 4. The van der Waals surface area contributed by atoms with Crippen LogP contribution in [0.4, 0.5) is 5.69 Å². The van der Waals surface area contributed by atoms with E-state index in [0.29, 0.717) is 5.75 Å². The van der Waals surface area contributed by atoms with Gasteiger partial charge in [-0.15, -0.1) is 0 Å². The van der Waals surface area contributed by atoms with Crippen LogP contribution in [0.15, 0.2) is 77.7 Å². The number of carbonyl (C=O) groups excluding carboxylic acids is 1. The summed E-state index contributed by atoms with van der Waals surface area (Å²) in [6.07, 6.45) is 0. The molecule has 0 radical (unpaired) electrons. The van der Waals surface area contributed by atoms with Crippen LogP contribution >= 0.6 is 0 Å². The van der Waals surface area contributed by atoms with Gasteiger partial charge in [0.05, 0.1) is 4.90 Å². The van der Waals surface area contributed by atoms with Crippen LogP contribution in [0.2, 0.25) is 0 Å². The molecular formula is C25H28N2O4S. The molecule has 32 heavy (non-hydrogen) atoms. The van der Waals surface area contributed by atoms with Crippen molar-refractivity contribution in [1.29, 1.82) is 0 Å². The van der Waals surface area contributed by atoms with Crippen molar-refractivity contribution in [3.8, 4) is 5.75 Å². The van der Waals surface area contributed by atoms with Crippen LogP contribution in [-0.4, -0.2) is 28.0 Å². The number of benzene rings is 3. The summed E-state index contributed by atoms with van der Waals surface area (Å²) in [7, 11) is -1.99. The van der Waals surface area contributed by atoms with Crippen molar-refractivity contribution in [3.63, 3.8) is 0 Å². The summed E-state index contributed by atoms with van der Waals surface area (Å²) >= 11 is 0. The lowest BCUT2D eigenvalue weighted by Crippen LogP contribution is -2.31. The minimum Gasteiger partial charge on any atom is -0.484 e. The third-order valence-electron chi connectivity index (χ3n) is 5.38. The number of nitrogens with one attached hydrogen (secondary N) is 1. The molecule has 1 N–H and O–H groups in total. The molecule has 0 spiro atoms. The van der Waals surface area contributed by atoms with E-state index in [4.69, 9.17) is 4.74 Å². The van der Waals surface area contributed by atoms with Gasteiger partial charge in [0, 0.05) is 18.8 Å². The largest absolute Gasteiger partial charge is 0.484 e. The SMILES string of the molecule is Cc1ccc(N(C)C(=O)COc2ccc(S(=O)(=O)NC(C)c3ccccc3)cc2)cc1C. The first kappa shape index (κ1) is 23.5. The number of aryl methyl sites for hydroxylation is 2. The molecule has 3 aromatic rings. The van der Waals surface area contributed by atoms with Crippen molar-refractivity contribution in [2.75, 3.05) is 18.6 Å². The van der Waals surface area contributed by atoms with Crippen LogP contribution in [0.25, 0.3) is 0 Å². The van der Waals surface area contributed by atoms with E-state index >= 15 is 0 Å². The standard InChI is InChI=1S/C25H28N2O4S/c1-18-10-11-22(16-19(18)2)27(4)25(28)17-31-23-12-14-24(15-13-23)32(29,30)26-20(3)21-8-6-5-7-9-21/h5-16,20,26H,17H2,1-4H3. The first-order valence-electron chi connectivity index (χ1n) is 10.3. The molecule has 3 rings (SSSR count). The molecule has 1 amide bonds. The van der Waals surface area contributed by atoms with E-state index in [1.807, 2.05) is 62.4 Å². The lowest BCUT2D eigenvalue weighted by molar-refractivity contribution is -0.120. The summed E-state index contributed by atoms with van der Waals surface area (Å²) in [5.41, 5.74) is 3.94. The minimum atomic E-state index is -3.69. The Kier molecular flexibility index (Phi) is 7.33. The number of ether oxygens (including phenoxy) is 1. The predicted molar refractivity (Wildman–Crippen MR) is 126 cm³/mol. The molecule has 0 aromatic heterocycles. The molecule has 0 heterocycles. The van der Waals surface area contributed by atoms with Gasteiger partial charge in [-0.05, 0) is 73.9 Å². The van der Waals surface area contributed by atoms with Crippen molar-refractivity contribution in [3.05, 3.63) is 89.5 Å².